The standard InChI is InChI=1S/C13H15NO5/c1-7-4-11(13(17)18-7)19-12(16)10-5-9(8(2)15)6-14(10)3/h5-7,11H,4H2,1-3H3/t7-,11-/m1/s1. The van der Waals surface area contributed by atoms with E-state index in [9.17, 15) is 14.4 Å². The summed E-state index contributed by atoms with van der Waals surface area (Å²) in [6.45, 7) is 3.16. The number of hydrogen-bond donors (Lipinski definition) is 0. The van der Waals surface area contributed by atoms with Crippen molar-refractivity contribution in [2.45, 2.75) is 32.5 Å². The van der Waals surface area contributed by atoms with Gasteiger partial charge in [0.15, 0.2) is 5.78 Å². The Hall–Kier alpha value is -2.11. The average molecular weight is 265 g/mol. The smallest absolute Gasteiger partial charge is 0.355 e. The second kappa shape index (κ2) is 4.87. The molecular weight excluding hydrogens is 250 g/mol. The normalized spacial score (nSPS) is 22.2. The van der Waals surface area contributed by atoms with E-state index >= 15 is 0 Å². The van der Waals surface area contributed by atoms with Gasteiger partial charge >= 0.3 is 11.9 Å². The molecule has 1 aromatic heterocycles. The van der Waals surface area contributed by atoms with Crippen molar-refractivity contribution >= 4 is 17.7 Å². The van der Waals surface area contributed by atoms with Crippen LogP contribution in [0.1, 0.15) is 41.1 Å². The lowest BCUT2D eigenvalue weighted by Crippen LogP contribution is -2.23. The maximum atomic E-state index is 11.9. The third-order valence-corrected chi connectivity index (χ3v) is 3.00. The molecule has 2 atom stereocenters. The molecule has 0 radical (unpaired) electrons. The molecule has 1 aliphatic rings. The molecule has 0 aliphatic carbocycles. The van der Waals surface area contributed by atoms with E-state index in [0.717, 1.165) is 0 Å². The van der Waals surface area contributed by atoms with E-state index in [0.29, 0.717) is 12.0 Å². The molecule has 2 heterocycles. The first-order chi connectivity index (χ1) is 8.88. The Morgan fingerprint density at radius 3 is 2.63 bits per heavy atom. The van der Waals surface area contributed by atoms with Crippen LogP contribution in [0.3, 0.4) is 0 Å². The zero-order valence-corrected chi connectivity index (χ0v) is 11.0. The van der Waals surface area contributed by atoms with Gasteiger partial charge in [-0.1, -0.05) is 0 Å². The summed E-state index contributed by atoms with van der Waals surface area (Å²) in [6, 6.07) is 1.45. The summed E-state index contributed by atoms with van der Waals surface area (Å²) in [6.07, 6.45) is 0.799. The molecule has 102 valence electrons. The molecule has 6 nitrogen and oxygen atoms in total. The van der Waals surface area contributed by atoms with Crippen LogP contribution in [0.2, 0.25) is 0 Å². The van der Waals surface area contributed by atoms with Gasteiger partial charge in [-0.15, -0.1) is 0 Å². The summed E-state index contributed by atoms with van der Waals surface area (Å²) >= 11 is 0. The Morgan fingerprint density at radius 1 is 1.47 bits per heavy atom. The van der Waals surface area contributed by atoms with Gasteiger partial charge in [-0.3, -0.25) is 4.79 Å². The van der Waals surface area contributed by atoms with Crippen LogP contribution in [-0.4, -0.2) is 34.5 Å². The van der Waals surface area contributed by atoms with E-state index in [1.54, 1.807) is 20.2 Å². The van der Waals surface area contributed by atoms with Crippen LogP contribution in [0.5, 0.6) is 0 Å². The molecule has 19 heavy (non-hydrogen) atoms. The number of aromatic nitrogens is 1. The molecule has 0 bridgehead atoms. The largest absolute Gasteiger partial charge is 0.460 e. The van der Waals surface area contributed by atoms with Crippen molar-refractivity contribution in [3.8, 4) is 0 Å². The lowest BCUT2D eigenvalue weighted by molar-refractivity contribution is -0.147. The van der Waals surface area contributed by atoms with Crippen LogP contribution in [0.4, 0.5) is 0 Å². The number of carbonyl (C=O) groups excluding carboxylic acids is 3. The topological polar surface area (TPSA) is 74.6 Å². The molecule has 6 heteroatoms. The van der Waals surface area contributed by atoms with Gasteiger partial charge in [-0.2, -0.15) is 0 Å². The molecule has 1 aromatic rings. The predicted molar refractivity (Wildman–Crippen MR) is 64.8 cm³/mol. The Morgan fingerprint density at radius 2 is 2.16 bits per heavy atom. The Labute approximate surface area is 110 Å². The minimum Gasteiger partial charge on any atom is -0.460 e. The highest BCUT2D eigenvalue weighted by molar-refractivity contribution is 5.98. The fourth-order valence-corrected chi connectivity index (χ4v) is 1.97. The highest BCUT2D eigenvalue weighted by Gasteiger charge is 2.35. The first-order valence-electron chi connectivity index (χ1n) is 5.97. The van der Waals surface area contributed by atoms with Crippen molar-refractivity contribution in [1.82, 2.24) is 4.57 Å². The van der Waals surface area contributed by atoms with Gasteiger partial charge in [0.05, 0.1) is 0 Å². The minimum absolute atomic E-state index is 0.136. The van der Waals surface area contributed by atoms with Crippen molar-refractivity contribution < 1.29 is 23.9 Å². The maximum absolute atomic E-state index is 11.9. The summed E-state index contributed by atoms with van der Waals surface area (Å²) in [5.74, 6) is -1.29. The van der Waals surface area contributed by atoms with E-state index in [4.69, 9.17) is 9.47 Å². The molecule has 1 aliphatic heterocycles. The number of carbonyl (C=O) groups is 3. The Bertz CT molecular complexity index is 545. The fraction of sp³-hybridized carbons (Fsp3) is 0.462. The number of hydrogen-bond acceptors (Lipinski definition) is 5. The summed E-state index contributed by atoms with van der Waals surface area (Å²) < 4.78 is 11.5. The van der Waals surface area contributed by atoms with Crippen molar-refractivity contribution in [2.24, 2.45) is 7.05 Å². The second-order valence-corrected chi connectivity index (χ2v) is 4.66. The summed E-state index contributed by atoms with van der Waals surface area (Å²) in [5.41, 5.74) is 0.661. The fourth-order valence-electron chi connectivity index (χ4n) is 1.97. The first-order valence-corrected chi connectivity index (χ1v) is 5.97. The van der Waals surface area contributed by atoms with Gasteiger partial charge in [0, 0.05) is 25.2 Å². The zero-order chi connectivity index (χ0) is 14.2. The highest BCUT2D eigenvalue weighted by Crippen LogP contribution is 2.19. The molecule has 0 saturated carbocycles. The Balaban J connectivity index is 2.12. The number of aryl methyl sites for hydroxylation is 1. The van der Waals surface area contributed by atoms with Crippen LogP contribution in [0.15, 0.2) is 12.3 Å². The number of Topliss-reactive ketones (excluding diaryl/α,β-unsaturated/α-hetero) is 1. The molecule has 0 unspecified atom stereocenters. The van der Waals surface area contributed by atoms with Crippen LogP contribution in [0, 0.1) is 0 Å². The molecule has 2 rings (SSSR count). The van der Waals surface area contributed by atoms with Gasteiger partial charge < -0.3 is 14.0 Å². The lowest BCUT2D eigenvalue weighted by atomic mass is 10.2. The molecule has 1 saturated heterocycles. The van der Waals surface area contributed by atoms with E-state index < -0.39 is 18.0 Å². The SMILES string of the molecule is CC(=O)c1cc(C(=O)O[C@@H]2C[C@@H](C)OC2=O)n(C)c1. The van der Waals surface area contributed by atoms with Gasteiger partial charge in [-0.05, 0) is 19.9 Å². The van der Waals surface area contributed by atoms with Gasteiger partial charge in [0.2, 0.25) is 6.10 Å². The number of ketones is 1. The number of ether oxygens (including phenoxy) is 2. The molecule has 1 fully saturated rings. The van der Waals surface area contributed by atoms with Crippen LogP contribution >= 0.6 is 0 Å². The highest BCUT2D eigenvalue weighted by atomic mass is 16.6. The quantitative estimate of drug-likeness (QED) is 0.604. The molecular formula is C13H15NO5. The summed E-state index contributed by atoms with van der Waals surface area (Å²) in [5, 5.41) is 0. The van der Waals surface area contributed by atoms with Crippen molar-refractivity contribution in [2.75, 3.05) is 0 Å². The number of nitrogens with zero attached hydrogens (tertiary/aromatic N) is 1. The van der Waals surface area contributed by atoms with Gasteiger partial charge in [0.1, 0.15) is 11.8 Å². The number of rotatable bonds is 3. The third kappa shape index (κ3) is 2.67. The van der Waals surface area contributed by atoms with Gasteiger partial charge in [-0.25, -0.2) is 9.59 Å². The average Bonchev–Trinajstić information content (AvgIpc) is 2.83. The van der Waals surface area contributed by atoms with Crippen LogP contribution < -0.4 is 0 Å². The van der Waals surface area contributed by atoms with Crippen molar-refractivity contribution in [3.63, 3.8) is 0 Å². The molecule has 0 amide bonds. The number of cyclic esters (lactones) is 1. The maximum Gasteiger partial charge on any atom is 0.355 e. The van der Waals surface area contributed by atoms with Crippen LogP contribution in [0.25, 0.3) is 0 Å². The second-order valence-electron chi connectivity index (χ2n) is 4.66. The summed E-state index contributed by atoms with van der Waals surface area (Å²) in [7, 11) is 1.64. The van der Waals surface area contributed by atoms with E-state index in [2.05, 4.69) is 0 Å². The Kier molecular flexibility index (Phi) is 3.42. The van der Waals surface area contributed by atoms with E-state index in [1.807, 2.05) is 0 Å². The molecule has 0 spiro atoms. The predicted octanol–water partition coefficient (Wildman–Crippen LogP) is 1.09. The molecule has 0 N–H and O–H groups in total. The zero-order valence-electron chi connectivity index (χ0n) is 11.0. The number of esters is 2. The minimum atomic E-state index is -0.863. The van der Waals surface area contributed by atoms with Crippen LogP contribution in [-0.2, 0) is 21.3 Å². The monoisotopic (exact) mass is 265 g/mol. The van der Waals surface area contributed by atoms with E-state index in [1.165, 1.54) is 17.6 Å². The van der Waals surface area contributed by atoms with Crippen molar-refractivity contribution in [1.29, 1.82) is 0 Å². The lowest BCUT2D eigenvalue weighted by Gasteiger charge is -2.08. The molecule has 0 aromatic carbocycles. The van der Waals surface area contributed by atoms with Crippen molar-refractivity contribution in [3.05, 3.63) is 23.5 Å². The first kappa shape index (κ1) is 13.3. The third-order valence-electron chi connectivity index (χ3n) is 3.00. The van der Waals surface area contributed by atoms with Gasteiger partial charge in [0.25, 0.3) is 0 Å². The van der Waals surface area contributed by atoms with E-state index in [-0.39, 0.29) is 17.6 Å². The summed E-state index contributed by atoms with van der Waals surface area (Å²) in [4.78, 5) is 34.6.